The molecule has 0 atom stereocenters. The van der Waals surface area contributed by atoms with E-state index < -0.39 is 5.97 Å². The molecular weight excluding hydrogens is 266 g/mol. The van der Waals surface area contributed by atoms with Crippen LogP contribution in [0.5, 0.6) is 0 Å². The van der Waals surface area contributed by atoms with Crippen LogP contribution in [0, 0.1) is 0 Å². The van der Waals surface area contributed by atoms with Gasteiger partial charge in [-0.1, -0.05) is 23.7 Å². The molecule has 1 heterocycles. The summed E-state index contributed by atoms with van der Waals surface area (Å²) in [6, 6.07) is 7.27. The van der Waals surface area contributed by atoms with Gasteiger partial charge in [0.25, 0.3) is 0 Å². The molecule has 0 spiro atoms. The third-order valence-electron chi connectivity index (χ3n) is 2.29. The summed E-state index contributed by atoms with van der Waals surface area (Å²) in [6.07, 6.45) is 4.70. The van der Waals surface area contributed by atoms with E-state index in [1.807, 2.05) is 19.1 Å². The fraction of sp³-hybridized carbons (Fsp3) is 0.143. The first-order valence-electron chi connectivity index (χ1n) is 5.75. The van der Waals surface area contributed by atoms with E-state index in [2.05, 4.69) is 4.99 Å². The Labute approximate surface area is 116 Å². The minimum atomic E-state index is -0.510. The Morgan fingerprint density at radius 2 is 2.05 bits per heavy atom. The molecular formula is C14H12ClNO3. The minimum Gasteiger partial charge on any atom is -0.499 e. The molecule has 0 aromatic heterocycles. The van der Waals surface area contributed by atoms with Gasteiger partial charge in [-0.3, -0.25) is 0 Å². The van der Waals surface area contributed by atoms with Crippen LogP contribution in [0.2, 0.25) is 5.02 Å². The van der Waals surface area contributed by atoms with Crippen molar-refractivity contribution in [2.24, 2.45) is 4.99 Å². The van der Waals surface area contributed by atoms with E-state index >= 15 is 0 Å². The third kappa shape index (κ3) is 3.69. The van der Waals surface area contributed by atoms with E-state index in [0.29, 0.717) is 11.6 Å². The lowest BCUT2D eigenvalue weighted by atomic mass is 10.2. The molecule has 5 heteroatoms. The number of hydrogen-bond donors (Lipinski definition) is 0. The number of esters is 1. The van der Waals surface area contributed by atoms with E-state index in [1.165, 1.54) is 6.26 Å². The molecule has 0 radical (unpaired) electrons. The quantitative estimate of drug-likeness (QED) is 0.482. The molecule has 2 rings (SSSR count). The summed E-state index contributed by atoms with van der Waals surface area (Å²) in [6.45, 7) is 2.30. The van der Waals surface area contributed by atoms with E-state index in [4.69, 9.17) is 21.1 Å². The summed E-state index contributed by atoms with van der Waals surface area (Å²) in [4.78, 5) is 15.4. The van der Waals surface area contributed by atoms with Crippen LogP contribution in [-0.4, -0.2) is 18.5 Å². The fourth-order valence-corrected chi connectivity index (χ4v) is 1.51. The van der Waals surface area contributed by atoms with Crippen LogP contribution >= 0.6 is 11.6 Å². The molecule has 0 aliphatic carbocycles. The Balaban J connectivity index is 2.07. The number of rotatable bonds is 4. The van der Waals surface area contributed by atoms with Crippen LogP contribution < -0.4 is 0 Å². The predicted octanol–water partition coefficient (Wildman–Crippen LogP) is 3.19. The van der Waals surface area contributed by atoms with E-state index in [-0.39, 0.29) is 11.6 Å². The van der Waals surface area contributed by atoms with Crippen LogP contribution in [0.3, 0.4) is 0 Å². The van der Waals surface area contributed by atoms with Crippen LogP contribution in [0.15, 0.2) is 47.3 Å². The standard InChI is InChI=1S/C14H12ClNO3/c1-2-18-9-12-14(17)19-13(16-12)8-5-10-3-6-11(15)7-4-10/h3-9H,2H2,1H3/b8-5?,12-9+. The number of aliphatic imine (C=N–C) groups is 1. The van der Waals surface area contributed by atoms with Gasteiger partial charge in [-0.2, -0.15) is 0 Å². The normalized spacial score (nSPS) is 16.8. The Kier molecular flexibility index (Phi) is 4.36. The molecule has 0 amide bonds. The highest BCUT2D eigenvalue weighted by molar-refractivity contribution is 6.30. The van der Waals surface area contributed by atoms with Crippen molar-refractivity contribution in [3.8, 4) is 0 Å². The second-order valence-electron chi connectivity index (χ2n) is 3.68. The van der Waals surface area contributed by atoms with Crippen LogP contribution in [0.4, 0.5) is 0 Å². The number of nitrogens with zero attached hydrogens (tertiary/aromatic N) is 1. The van der Waals surface area contributed by atoms with E-state index in [1.54, 1.807) is 24.3 Å². The highest BCUT2D eigenvalue weighted by Gasteiger charge is 2.21. The Bertz CT molecular complexity index is 559. The molecule has 0 saturated carbocycles. The maximum absolute atomic E-state index is 11.4. The molecule has 4 nitrogen and oxygen atoms in total. The van der Waals surface area contributed by atoms with Gasteiger partial charge in [0.15, 0.2) is 5.70 Å². The van der Waals surface area contributed by atoms with Gasteiger partial charge in [0.2, 0.25) is 5.90 Å². The van der Waals surface area contributed by atoms with Gasteiger partial charge in [-0.05, 0) is 30.7 Å². The molecule has 1 aliphatic rings. The first-order valence-corrected chi connectivity index (χ1v) is 6.13. The van der Waals surface area contributed by atoms with Crippen molar-refractivity contribution in [3.05, 3.63) is 52.9 Å². The molecule has 1 aliphatic heterocycles. The van der Waals surface area contributed by atoms with Gasteiger partial charge < -0.3 is 9.47 Å². The number of halogens is 1. The Morgan fingerprint density at radius 3 is 2.74 bits per heavy atom. The molecule has 1 aromatic rings. The zero-order chi connectivity index (χ0) is 13.7. The topological polar surface area (TPSA) is 47.9 Å². The fourth-order valence-electron chi connectivity index (χ4n) is 1.38. The van der Waals surface area contributed by atoms with Crippen molar-refractivity contribution < 1.29 is 14.3 Å². The van der Waals surface area contributed by atoms with Crippen LogP contribution in [0.25, 0.3) is 6.08 Å². The highest BCUT2D eigenvalue weighted by atomic mass is 35.5. The number of hydrogen-bond acceptors (Lipinski definition) is 4. The maximum Gasteiger partial charge on any atom is 0.367 e. The lowest BCUT2D eigenvalue weighted by molar-refractivity contribution is -0.130. The summed E-state index contributed by atoms with van der Waals surface area (Å²) >= 11 is 5.79. The number of cyclic esters (lactones) is 1. The lowest BCUT2D eigenvalue weighted by Gasteiger charge is -1.94. The second-order valence-corrected chi connectivity index (χ2v) is 4.12. The molecule has 0 unspecified atom stereocenters. The largest absolute Gasteiger partial charge is 0.499 e. The summed E-state index contributed by atoms with van der Waals surface area (Å²) in [5.74, 6) is -0.268. The number of benzene rings is 1. The molecule has 0 saturated heterocycles. The molecule has 98 valence electrons. The Hall–Kier alpha value is -2.07. The SMILES string of the molecule is CCO/C=C1/N=C(C=Cc2ccc(Cl)cc2)OC1=O. The lowest BCUT2D eigenvalue weighted by Crippen LogP contribution is -2.01. The van der Waals surface area contributed by atoms with E-state index in [9.17, 15) is 4.79 Å². The zero-order valence-electron chi connectivity index (χ0n) is 10.3. The molecule has 0 N–H and O–H groups in total. The summed E-state index contributed by atoms with van der Waals surface area (Å²) in [5.41, 5.74) is 1.10. The van der Waals surface area contributed by atoms with Crippen molar-refractivity contribution in [1.82, 2.24) is 0 Å². The first-order chi connectivity index (χ1) is 9.19. The first kappa shape index (κ1) is 13.4. The van der Waals surface area contributed by atoms with Gasteiger partial charge in [0.1, 0.15) is 6.26 Å². The third-order valence-corrected chi connectivity index (χ3v) is 2.54. The number of carbonyl (C=O) groups is 1. The highest BCUT2D eigenvalue weighted by Crippen LogP contribution is 2.14. The van der Waals surface area contributed by atoms with Crippen LogP contribution in [0.1, 0.15) is 12.5 Å². The van der Waals surface area contributed by atoms with Gasteiger partial charge in [-0.25, -0.2) is 9.79 Å². The maximum atomic E-state index is 11.4. The predicted molar refractivity (Wildman–Crippen MR) is 73.7 cm³/mol. The Morgan fingerprint density at radius 1 is 1.32 bits per heavy atom. The van der Waals surface area contributed by atoms with Gasteiger partial charge >= 0.3 is 5.97 Å². The summed E-state index contributed by atoms with van der Waals surface area (Å²) in [5, 5.41) is 0.670. The van der Waals surface area contributed by atoms with Crippen molar-refractivity contribution in [3.63, 3.8) is 0 Å². The average Bonchev–Trinajstić information content (AvgIpc) is 2.76. The summed E-state index contributed by atoms with van der Waals surface area (Å²) in [7, 11) is 0. The summed E-state index contributed by atoms with van der Waals surface area (Å²) < 4.78 is 9.97. The molecule has 0 fully saturated rings. The van der Waals surface area contributed by atoms with E-state index in [0.717, 1.165) is 5.56 Å². The van der Waals surface area contributed by atoms with Crippen LogP contribution in [-0.2, 0) is 14.3 Å². The van der Waals surface area contributed by atoms with Gasteiger partial charge in [0, 0.05) is 11.1 Å². The van der Waals surface area contributed by atoms with Crippen molar-refractivity contribution in [2.75, 3.05) is 6.61 Å². The van der Waals surface area contributed by atoms with Crippen molar-refractivity contribution in [2.45, 2.75) is 6.92 Å². The zero-order valence-corrected chi connectivity index (χ0v) is 11.1. The van der Waals surface area contributed by atoms with Gasteiger partial charge in [-0.15, -0.1) is 0 Å². The number of ether oxygens (including phenoxy) is 2. The van der Waals surface area contributed by atoms with Gasteiger partial charge in [0.05, 0.1) is 6.61 Å². The smallest absolute Gasteiger partial charge is 0.367 e. The average molecular weight is 278 g/mol. The minimum absolute atomic E-state index is 0.164. The molecule has 0 bridgehead atoms. The monoisotopic (exact) mass is 277 g/mol. The number of carbonyl (C=O) groups excluding carboxylic acids is 1. The second kappa shape index (κ2) is 6.20. The van der Waals surface area contributed by atoms with Crippen molar-refractivity contribution in [1.29, 1.82) is 0 Å². The molecule has 1 aromatic carbocycles. The molecule has 19 heavy (non-hydrogen) atoms. The van der Waals surface area contributed by atoms with Crippen molar-refractivity contribution >= 4 is 29.5 Å².